The van der Waals surface area contributed by atoms with Crippen LogP contribution in [0.15, 0.2) is 16.7 Å². The van der Waals surface area contributed by atoms with Crippen molar-refractivity contribution < 1.29 is 5.11 Å². The highest BCUT2D eigenvalue weighted by atomic mass is 79.9. The Balaban J connectivity index is 2.03. The maximum Gasteiger partial charge on any atom is 0.202 e. The van der Waals surface area contributed by atoms with Gasteiger partial charge in [-0.3, -0.25) is 4.57 Å². The predicted molar refractivity (Wildman–Crippen MR) is 73.2 cm³/mol. The van der Waals surface area contributed by atoms with Gasteiger partial charge in [0.2, 0.25) is 5.95 Å². The minimum Gasteiger partial charge on any atom is -0.393 e. The summed E-state index contributed by atoms with van der Waals surface area (Å²) in [5.74, 6) is 0.511. The van der Waals surface area contributed by atoms with Crippen LogP contribution in [-0.4, -0.2) is 25.7 Å². The van der Waals surface area contributed by atoms with Gasteiger partial charge in [0, 0.05) is 16.7 Å². The van der Waals surface area contributed by atoms with Crippen molar-refractivity contribution in [1.29, 1.82) is 0 Å². The van der Waals surface area contributed by atoms with E-state index in [1.54, 1.807) is 6.20 Å². The second-order valence-electron chi connectivity index (χ2n) is 4.80. The zero-order valence-corrected chi connectivity index (χ0v) is 11.5. The molecule has 2 aromatic rings. The number of nitrogen functional groups attached to an aromatic ring is 1. The molecule has 1 aliphatic rings. The molecule has 0 aliphatic heterocycles. The molecule has 0 saturated heterocycles. The standard InChI is InChI=1S/C12H15BrN4O/c13-7-5-10-11(15-6-7)17(12(14)16-10)8-1-3-9(18)4-2-8/h5-6,8-9,18H,1-4H2,(H2,14,16). The van der Waals surface area contributed by atoms with Crippen molar-refractivity contribution in [3.05, 3.63) is 16.7 Å². The minimum absolute atomic E-state index is 0.167. The van der Waals surface area contributed by atoms with Gasteiger partial charge in [0.1, 0.15) is 5.52 Å². The van der Waals surface area contributed by atoms with Gasteiger partial charge < -0.3 is 10.8 Å². The Kier molecular flexibility index (Phi) is 2.99. The Morgan fingerprint density at radius 3 is 2.78 bits per heavy atom. The molecule has 3 N–H and O–H groups in total. The highest BCUT2D eigenvalue weighted by molar-refractivity contribution is 9.10. The predicted octanol–water partition coefficient (Wildman–Crippen LogP) is 2.25. The van der Waals surface area contributed by atoms with Crippen LogP contribution in [0.25, 0.3) is 11.2 Å². The number of aliphatic hydroxyl groups excluding tert-OH is 1. The Hall–Kier alpha value is -1.14. The van der Waals surface area contributed by atoms with Crippen molar-refractivity contribution in [3.8, 4) is 0 Å². The van der Waals surface area contributed by atoms with Crippen LogP contribution in [0.3, 0.4) is 0 Å². The quantitative estimate of drug-likeness (QED) is 0.847. The van der Waals surface area contributed by atoms with E-state index < -0.39 is 0 Å². The molecule has 0 atom stereocenters. The molecule has 0 amide bonds. The van der Waals surface area contributed by atoms with Crippen molar-refractivity contribution in [3.63, 3.8) is 0 Å². The molecule has 2 heterocycles. The van der Waals surface area contributed by atoms with E-state index in [-0.39, 0.29) is 6.10 Å². The van der Waals surface area contributed by atoms with E-state index in [0.29, 0.717) is 12.0 Å². The SMILES string of the molecule is Nc1nc2cc(Br)cnc2n1C1CCC(O)CC1. The molecule has 1 saturated carbocycles. The summed E-state index contributed by atoms with van der Waals surface area (Å²) < 4.78 is 2.91. The summed E-state index contributed by atoms with van der Waals surface area (Å²) in [7, 11) is 0. The molecule has 6 heteroatoms. The number of hydrogen-bond donors (Lipinski definition) is 2. The fourth-order valence-electron chi connectivity index (χ4n) is 2.65. The van der Waals surface area contributed by atoms with Crippen LogP contribution in [0.1, 0.15) is 31.7 Å². The van der Waals surface area contributed by atoms with Crippen LogP contribution in [0.4, 0.5) is 5.95 Å². The topological polar surface area (TPSA) is 77.0 Å². The molecular weight excluding hydrogens is 296 g/mol. The molecule has 18 heavy (non-hydrogen) atoms. The van der Waals surface area contributed by atoms with Crippen molar-refractivity contribution >= 4 is 33.0 Å². The Morgan fingerprint density at radius 2 is 2.06 bits per heavy atom. The molecule has 1 aliphatic carbocycles. The normalized spacial score (nSPS) is 24.6. The lowest BCUT2D eigenvalue weighted by Crippen LogP contribution is -2.22. The molecule has 96 valence electrons. The van der Waals surface area contributed by atoms with E-state index in [2.05, 4.69) is 25.9 Å². The third kappa shape index (κ3) is 1.99. The third-order valence-corrected chi connectivity index (χ3v) is 3.99. The van der Waals surface area contributed by atoms with Gasteiger partial charge in [-0.1, -0.05) is 0 Å². The van der Waals surface area contributed by atoms with E-state index in [0.717, 1.165) is 41.3 Å². The monoisotopic (exact) mass is 310 g/mol. The number of aliphatic hydroxyl groups is 1. The summed E-state index contributed by atoms with van der Waals surface area (Å²) >= 11 is 3.38. The number of fused-ring (bicyclic) bond motifs is 1. The summed E-state index contributed by atoms with van der Waals surface area (Å²) in [5, 5.41) is 9.57. The molecule has 2 aromatic heterocycles. The number of nitrogens with two attached hydrogens (primary N) is 1. The van der Waals surface area contributed by atoms with E-state index in [9.17, 15) is 5.11 Å². The highest BCUT2D eigenvalue weighted by Gasteiger charge is 2.24. The lowest BCUT2D eigenvalue weighted by Gasteiger charge is -2.27. The number of hydrogen-bond acceptors (Lipinski definition) is 4. The first-order chi connectivity index (χ1) is 8.65. The van der Waals surface area contributed by atoms with Crippen molar-refractivity contribution in [1.82, 2.24) is 14.5 Å². The van der Waals surface area contributed by atoms with Crippen LogP contribution in [0.5, 0.6) is 0 Å². The van der Waals surface area contributed by atoms with Gasteiger partial charge in [0.25, 0.3) is 0 Å². The van der Waals surface area contributed by atoms with Gasteiger partial charge in [-0.25, -0.2) is 9.97 Å². The summed E-state index contributed by atoms with van der Waals surface area (Å²) in [6, 6.07) is 2.22. The van der Waals surface area contributed by atoms with Crippen LogP contribution in [0.2, 0.25) is 0 Å². The fourth-order valence-corrected chi connectivity index (χ4v) is 2.97. The van der Waals surface area contributed by atoms with Gasteiger partial charge in [-0.2, -0.15) is 0 Å². The lowest BCUT2D eigenvalue weighted by atomic mass is 9.93. The number of anilines is 1. The lowest BCUT2D eigenvalue weighted by molar-refractivity contribution is 0.112. The molecule has 5 nitrogen and oxygen atoms in total. The average molecular weight is 311 g/mol. The van der Waals surface area contributed by atoms with Crippen molar-refractivity contribution in [2.45, 2.75) is 37.8 Å². The first-order valence-electron chi connectivity index (χ1n) is 6.12. The Labute approximate surface area is 113 Å². The first-order valence-corrected chi connectivity index (χ1v) is 6.91. The van der Waals surface area contributed by atoms with Gasteiger partial charge in [-0.15, -0.1) is 0 Å². The first kappa shape index (κ1) is 11.9. The highest BCUT2D eigenvalue weighted by Crippen LogP contribution is 2.33. The molecule has 0 unspecified atom stereocenters. The minimum atomic E-state index is -0.167. The van der Waals surface area contributed by atoms with Crippen molar-refractivity contribution in [2.24, 2.45) is 0 Å². The number of imidazole rings is 1. The largest absolute Gasteiger partial charge is 0.393 e. The van der Waals surface area contributed by atoms with Gasteiger partial charge >= 0.3 is 0 Å². The third-order valence-electron chi connectivity index (χ3n) is 3.56. The summed E-state index contributed by atoms with van der Waals surface area (Å²) in [5.41, 5.74) is 7.65. The Bertz CT molecular complexity index is 575. The van der Waals surface area contributed by atoms with Crippen LogP contribution < -0.4 is 5.73 Å². The molecule has 0 radical (unpaired) electrons. The maximum atomic E-state index is 9.57. The van der Waals surface area contributed by atoms with E-state index in [1.165, 1.54) is 0 Å². The summed E-state index contributed by atoms with van der Waals surface area (Å²) in [4.78, 5) is 8.76. The van der Waals surface area contributed by atoms with E-state index in [1.807, 2.05) is 10.6 Å². The van der Waals surface area contributed by atoms with E-state index in [4.69, 9.17) is 5.73 Å². The zero-order valence-electron chi connectivity index (χ0n) is 9.88. The molecule has 0 bridgehead atoms. The molecular formula is C12H15BrN4O. The fraction of sp³-hybridized carbons (Fsp3) is 0.500. The number of nitrogens with zero attached hydrogens (tertiary/aromatic N) is 3. The number of halogens is 1. The van der Waals surface area contributed by atoms with Gasteiger partial charge in [0.15, 0.2) is 5.65 Å². The van der Waals surface area contributed by atoms with Gasteiger partial charge in [-0.05, 0) is 47.7 Å². The average Bonchev–Trinajstić information content (AvgIpc) is 2.65. The zero-order chi connectivity index (χ0) is 12.7. The molecule has 0 spiro atoms. The number of aromatic nitrogens is 3. The van der Waals surface area contributed by atoms with E-state index >= 15 is 0 Å². The van der Waals surface area contributed by atoms with Crippen molar-refractivity contribution in [2.75, 3.05) is 5.73 Å². The molecule has 1 fully saturated rings. The summed E-state index contributed by atoms with van der Waals surface area (Å²) in [6.45, 7) is 0. The maximum absolute atomic E-state index is 9.57. The Morgan fingerprint density at radius 1 is 1.33 bits per heavy atom. The van der Waals surface area contributed by atoms with Crippen LogP contribution >= 0.6 is 15.9 Å². The van der Waals surface area contributed by atoms with Gasteiger partial charge in [0.05, 0.1) is 6.10 Å². The molecule has 3 rings (SSSR count). The number of rotatable bonds is 1. The smallest absolute Gasteiger partial charge is 0.202 e. The van der Waals surface area contributed by atoms with Crippen LogP contribution in [0, 0.1) is 0 Å². The number of pyridine rings is 1. The summed E-state index contributed by atoms with van der Waals surface area (Å²) in [6.07, 6.45) is 5.08. The second-order valence-corrected chi connectivity index (χ2v) is 5.71. The second kappa shape index (κ2) is 4.51. The molecule has 0 aromatic carbocycles. The van der Waals surface area contributed by atoms with Crippen LogP contribution in [-0.2, 0) is 0 Å².